The molecule has 0 spiro atoms. The smallest absolute Gasteiger partial charge is 0.120 e. The minimum absolute atomic E-state index is 0.330. The zero-order valence-corrected chi connectivity index (χ0v) is 13.5. The second-order valence-corrected chi connectivity index (χ2v) is 6.28. The molecule has 1 saturated heterocycles. The van der Waals surface area contributed by atoms with E-state index in [0.717, 1.165) is 24.2 Å². The molecule has 2 N–H and O–H groups in total. The first-order chi connectivity index (χ1) is 9.91. The number of rotatable bonds is 5. The van der Waals surface area contributed by atoms with Gasteiger partial charge in [0.05, 0.1) is 7.11 Å². The molecular weight excluding hydrogens is 266 g/mol. The van der Waals surface area contributed by atoms with Crippen LogP contribution in [0.2, 0.25) is 0 Å². The summed E-state index contributed by atoms with van der Waals surface area (Å²) in [6.45, 7) is 7.34. The Morgan fingerprint density at radius 1 is 1.33 bits per heavy atom. The van der Waals surface area contributed by atoms with E-state index in [1.807, 2.05) is 31.2 Å². The lowest BCUT2D eigenvalue weighted by Gasteiger charge is -2.49. The Hall–Kier alpha value is -1.10. The summed E-state index contributed by atoms with van der Waals surface area (Å²) in [5.41, 5.74) is -0.639. The van der Waals surface area contributed by atoms with Crippen molar-refractivity contribution < 1.29 is 14.6 Å². The van der Waals surface area contributed by atoms with Crippen LogP contribution < -0.4 is 10.1 Å². The van der Waals surface area contributed by atoms with Crippen LogP contribution >= 0.6 is 0 Å². The van der Waals surface area contributed by atoms with Gasteiger partial charge < -0.3 is 19.9 Å². The van der Waals surface area contributed by atoms with Gasteiger partial charge in [0.2, 0.25) is 0 Å². The third-order valence-electron chi connectivity index (χ3n) is 4.46. The van der Waals surface area contributed by atoms with E-state index >= 15 is 0 Å². The van der Waals surface area contributed by atoms with Gasteiger partial charge in [-0.2, -0.15) is 0 Å². The number of hydrogen-bond acceptors (Lipinski definition) is 4. The van der Waals surface area contributed by atoms with Gasteiger partial charge in [0, 0.05) is 19.2 Å². The van der Waals surface area contributed by atoms with Gasteiger partial charge >= 0.3 is 0 Å². The molecule has 1 aliphatic heterocycles. The van der Waals surface area contributed by atoms with Crippen molar-refractivity contribution in [3.05, 3.63) is 29.8 Å². The summed E-state index contributed by atoms with van der Waals surface area (Å²) in [6.07, 6.45) is 1.61. The van der Waals surface area contributed by atoms with Gasteiger partial charge in [0.1, 0.15) is 17.0 Å². The largest absolute Gasteiger partial charge is 0.497 e. The fourth-order valence-corrected chi connectivity index (χ4v) is 2.90. The molecule has 0 aromatic heterocycles. The first kappa shape index (κ1) is 16.3. The molecule has 1 aromatic rings. The summed E-state index contributed by atoms with van der Waals surface area (Å²) in [4.78, 5) is 0. The van der Waals surface area contributed by atoms with E-state index in [1.165, 1.54) is 0 Å². The Balaban J connectivity index is 2.29. The molecule has 2 rings (SSSR count). The van der Waals surface area contributed by atoms with Crippen LogP contribution in [-0.2, 0) is 10.3 Å². The average molecular weight is 293 g/mol. The molecule has 2 unspecified atom stereocenters. The SMILES string of the molecule is COc1ccc(C2(C)OCCCC2(O)CNC(C)C)cc1. The van der Waals surface area contributed by atoms with Crippen LogP contribution in [0.25, 0.3) is 0 Å². The normalized spacial score (nSPS) is 29.6. The van der Waals surface area contributed by atoms with Crippen molar-refractivity contribution in [3.63, 3.8) is 0 Å². The zero-order valence-electron chi connectivity index (χ0n) is 13.5. The quantitative estimate of drug-likeness (QED) is 0.875. The van der Waals surface area contributed by atoms with Crippen molar-refractivity contribution in [3.8, 4) is 5.75 Å². The molecule has 1 heterocycles. The van der Waals surface area contributed by atoms with Gasteiger partial charge in [0.15, 0.2) is 0 Å². The molecule has 4 heteroatoms. The van der Waals surface area contributed by atoms with Gasteiger partial charge in [-0.3, -0.25) is 0 Å². The van der Waals surface area contributed by atoms with Crippen LogP contribution in [-0.4, -0.2) is 37.0 Å². The van der Waals surface area contributed by atoms with Crippen molar-refractivity contribution in [2.24, 2.45) is 0 Å². The molecule has 4 nitrogen and oxygen atoms in total. The van der Waals surface area contributed by atoms with Gasteiger partial charge in [-0.15, -0.1) is 0 Å². The summed E-state index contributed by atoms with van der Waals surface area (Å²) in [5, 5.41) is 14.5. The second kappa shape index (κ2) is 6.34. The number of aliphatic hydroxyl groups is 1. The third-order valence-corrected chi connectivity index (χ3v) is 4.46. The summed E-state index contributed by atoms with van der Waals surface area (Å²) in [7, 11) is 1.65. The van der Waals surface area contributed by atoms with Crippen LogP contribution in [0, 0.1) is 0 Å². The van der Waals surface area contributed by atoms with E-state index in [9.17, 15) is 5.11 Å². The van der Waals surface area contributed by atoms with Crippen molar-refractivity contribution in [1.82, 2.24) is 5.32 Å². The Bertz CT molecular complexity index is 460. The van der Waals surface area contributed by atoms with Gasteiger partial charge in [-0.25, -0.2) is 0 Å². The lowest BCUT2D eigenvalue weighted by Crippen LogP contribution is -2.60. The van der Waals surface area contributed by atoms with Crippen LogP contribution in [0.4, 0.5) is 0 Å². The molecule has 0 radical (unpaired) electrons. The van der Waals surface area contributed by atoms with Crippen LogP contribution in [0.15, 0.2) is 24.3 Å². The zero-order chi connectivity index (χ0) is 15.5. The molecule has 118 valence electrons. The molecule has 0 aliphatic carbocycles. The Labute approximate surface area is 127 Å². The fraction of sp³-hybridized carbons (Fsp3) is 0.647. The summed E-state index contributed by atoms with van der Waals surface area (Å²) >= 11 is 0. The molecule has 1 aromatic carbocycles. The Morgan fingerprint density at radius 2 is 2.00 bits per heavy atom. The van der Waals surface area contributed by atoms with Crippen LogP contribution in [0.5, 0.6) is 5.75 Å². The maximum absolute atomic E-state index is 11.2. The van der Waals surface area contributed by atoms with Gasteiger partial charge in [-0.05, 0) is 37.5 Å². The maximum atomic E-state index is 11.2. The van der Waals surface area contributed by atoms with E-state index in [-0.39, 0.29) is 0 Å². The first-order valence-electron chi connectivity index (χ1n) is 7.65. The lowest BCUT2D eigenvalue weighted by atomic mass is 9.74. The van der Waals surface area contributed by atoms with E-state index in [2.05, 4.69) is 19.2 Å². The molecule has 21 heavy (non-hydrogen) atoms. The van der Waals surface area contributed by atoms with Gasteiger partial charge in [-0.1, -0.05) is 26.0 Å². The number of methoxy groups -OCH3 is 1. The third kappa shape index (κ3) is 3.23. The predicted molar refractivity (Wildman–Crippen MR) is 83.6 cm³/mol. The monoisotopic (exact) mass is 293 g/mol. The fourth-order valence-electron chi connectivity index (χ4n) is 2.90. The summed E-state index contributed by atoms with van der Waals surface area (Å²) in [5.74, 6) is 0.807. The topological polar surface area (TPSA) is 50.7 Å². The molecule has 0 saturated carbocycles. The van der Waals surface area contributed by atoms with Crippen LogP contribution in [0.3, 0.4) is 0 Å². The van der Waals surface area contributed by atoms with E-state index in [4.69, 9.17) is 9.47 Å². The van der Waals surface area contributed by atoms with Crippen LogP contribution in [0.1, 0.15) is 39.2 Å². The molecule has 0 amide bonds. The highest BCUT2D eigenvalue weighted by Crippen LogP contribution is 2.43. The molecular formula is C17H27NO3. The highest BCUT2D eigenvalue weighted by Gasteiger charge is 2.50. The van der Waals surface area contributed by atoms with E-state index in [1.54, 1.807) is 7.11 Å². The van der Waals surface area contributed by atoms with Crippen molar-refractivity contribution >= 4 is 0 Å². The second-order valence-electron chi connectivity index (χ2n) is 6.28. The molecule has 0 bridgehead atoms. The number of nitrogens with one attached hydrogen (secondary N) is 1. The highest BCUT2D eigenvalue weighted by atomic mass is 16.5. The first-order valence-corrected chi connectivity index (χ1v) is 7.65. The number of benzene rings is 1. The molecule has 1 aliphatic rings. The number of hydrogen-bond donors (Lipinski definition) is 2. The van der Waals surface area contributed by atoms with Crippen molar-refractivity contribution in [2.75, 3.05) is 20.3 Å². The molecule has 2 atom stereocenters. The maximum Gasteiger partial charge on any atom is 0.120 e. The Kier molecular flexibility index (Phi) is 4.91. The highest BCUT2D eigenvalue weighted by molar-refractivity contribution is 5.33. The Morgan fingerprint density at radius 3 is 2.57 bits per heavy atom. The summed E-state index contributed by atoms with van der Waals surface area (Å²) in [6, 6.07) is 8.11. The average Bonchev–Trinajstić information content (AvgIpc) is 2.48. The summed E-state index contributed by atoms with van der Waals surface area (Å²) < 4.78 is 11.2. The van der Waals surface area contributed by atoms with Gasteiger partial charge in [0.25, 0.3) is 0 Å². The van der Waals surface area contributed by atoms with Crippen molar-refractivity contribution in [2.45, 2.75) is 50.9 Å². The standard InChI is InChI=1S/C17H27NO3/c1-13(2)18-12-17(19)10-5-11-21-16(17,3)14-6-8-15(20-4)9-7-14/h6-9,13,18-19H,5,10-12H2,1-4H3. The lowest BCUT2D eigenvalue weighted by molar-refractivity contribution is -0.211. The molecule has 1 fully saturated rings. The van der Waals surface area contributed by atoms with Crippen molar-refractivity contribution in [1.29, 1.82) is 0 Å². The minimum Gasteiger partial charge on any atom is -0.497 e. The van der Waals surface area contributed by atoms with E-state index < -0.39 is 11.2 Å². The number of ether oxygens (including phenoxy) is 2. The predicted octanol–water partition coefficient (Wildman–Crippen LogP) is 2.45. The van der Waals surface area contributed by atoms with E-state index in [0.29, 0.717) is 19.2 Å². The minimum atomic E-state index is -0.913.